The Kier molecular flexibility index (Phi) is 7.23. The summed E-state index contributed by atoms with van der Waals surface area (Å²) in [6.07, 6.45) is 10.7. The van der Waals surface area contributed by atoms with Crippen LogP contribution in [-0.2, 0) is 16.4 Å². The lowest BCUT2D eigenvalue weighted by atomic mass is 9.41. The number of aryl methyl sites for hydroxylation is 1. The quantitative estimate of drug-likeness (QED) is 0.463. The lowest BCUT2D eigenvalue weighted by Gasteiger charge is -2.64. The molecule has 1 heterocycles. The van der Waals surface area contributed by atoms with E-state index in [9.17, 15) is 18.6 Å². The van der Waals surface area contributed by atoms with Gasteiger partial charge in [0.05, 0.1) is 18.5 Å². The molecule has 0 bridgehead atoms. The van der Waals surface area contributed by atoms with Gasteiger partial charge in [-0.05, 0) is 104 Å². The molecule has 0 aliphatic heterocycles. The maximum Gasteiger partial charge on any atom is 0.329 e. The monoisotopic (exact) mass is 537 g/mol. The Morgan fingerprint density at radius 1 is 1.05 bits per heavy atom. The summed E-state index contributed by atoms with van der Waals surface area (Å²) in [4.78, 5) is 0. The van der Waals surface area contributed by atoms with Crippen molar-refractivity contribution in [3.8, 4) is 0 Å². The molecule has 3 unspecified atom stereocenters. The average molecular weight is 538 g/mol. The maximum absolute atomic E-state index is 11.9. The molecule has 5 rings (SSSR count). The van der Waals surface area contributed by atoms with Crippen molar-refractivity contribution < 1.29 is 23.0 Å². The third kappa shape index (κ3) is 4.75. The largest absolute Gasteiger partial charge is 0.407 e. The molecular formula is C28H47N3O5S. The molecule has 1 aromatic rings. The first-order chi connectivity index (χ1) is 17.4. The van der Waals surface area contributed by atoms with Crippen LogP contribution in [0.5, 0.6) is 0 Å². The average Bonchev–Trinajstić information content (AvgIpc) is 3.41. The van der Waals surface area contributed by atoms with Gasteiger partial charge < -0.3 is 14.6 Å². The summed E-state index contributed by atoms with van der Waals surface area (Å²) < 4.78 is 30.6. The lowest BCUT2D eigenvalue weighted by Crippen LogP contribution is -2.62. The van der Waals surface area contributed by atoms with Gasteiger partial charge in [0, 0.05) is 6.42 Å². The fourth-order valence-corrected chi connectivity index (χ4v) is 10.4. The van der Waals surface area contributed by atoms with Crippen molar-refractivity contribution >= 4 is 16.0 Å². The summed E-state index contributed by atoms with van der Waals surface area (Å²) >= 11 is 0. The minimum Gasteiger partial charge on any atom is -0.407 e. The van der Waals surface area contributed by atoms with Crippen molar-refractivity contribution in [3.63, 3.8) is 0 Å². The van der Waals surface area contributed by atoms with E-state index in [1.807, 2.05) is 0 Å². The van der Waals surface area contributed by atoms with E-state index in [1.165, 1.54) is 25.7 Å². The van der Waals surface area contributed by atoms with Crippen LogP contribution in [-0.4, -0.2) is 47.3 Å². The van der Waals surface area contributed by atoms with Crippen LogP contribution in [0.1, 0.15) is 91.4 Å². The predicted octanol–water partition coefficient (Wildman–Crippen LogP) is 4.64. The first-order valence-electron chi connectivity index (χ1n) is 14.5. The second-order valence-electron chi connectivity index (χ2n) is 13.5. The van der Waals surface area contributed by atoms with Gasteiger partial charge >= 0.3 is 6.01 Å². The van der Waals surface area contributed by atoms with E-state index < -0.39 is 10.0 Å². The number of fused-ring (bicyclic) bond motifs is 5. The minimum atomic E-state index is -3.44. The number of rotatable bonds is 7. The Bertz CT molecular complexity index is 1080. The SMILES string of the molecule is CC[C@H]1[C@@H](O)C2C3CC[C@H]([C@H](C)CCc4nnc(NS(C)(=O)=O)o4)[C@@]3(C)CCC2[C@@]2(C)CC[C@@H](O)C[C@@H]12. The van der Waals surface area contributed by atoms with Gasteiger partial charge in [0.15, 0.2) is 0 Å². The molecule has 1 aromatic heterocycles. The minimum absolute atomic E-state index is 0.0739. The zero-order valence-corrected chi connectivity index (χ0v) is 24.0. The summed E-state index contributed by atoms with van der Waals surface area (Å²) in [7, 11) is -3.44. The number of hydrogen-bond donors (Lipinski definition) is 3. The number of aromatic nitrogens is 2. The van der Waals surface area contributed by atoms with Crippen molar-refractivity contribution in [2.75, 3.05) is 11.0 Å². The van der Waals surface area contributed by atoms with Crippen LogP contribution < -0.4 is 4.72 Å². The molecule has 4 fully saturated rings. The number of sulfonamides is 1. The van der Waals surface area contributed by atoms with Gasteiger partial charge in [0.1, 0.15) is 0 Å². The van der Waals surface area contributed by atoms with E-state index in [-0.39, 0.29) is 35.0 Å². The predicted molar refractivity (Wildman–Crippen MR) is 142 cm³/mol. The van der Waals surface area contributed by atoms with Crippen LogP contribution in [0.2, 0.25) is 0 Å². The lowest BCUT2D eigenvalue weighted by molar-refractivity contribution is -0.203. The maximum atomic E-state index is 11.9. The molecule has 3 N–H and O–H groups in total. The molecule has 0 aromatic carbocycles. The Hall–Kier alpha value is -1.19. The summed E-state index contributed by atoms with van der Waals surface area (Å²) in [5.74, 6) is 3.69. The van der Waals surface area contributed by atoms with Crippen LogP contribution in [0, 0.1) is 52.3 Å². The number of anilines is 1. The number of nitrogens with zero attached hydrogens (tertiary/aromatic N) is 2. The fourth-order valence-electron chi connectivity index (χ4n) is 10.0. The van der Waals surface area contributed by atoms with Gasteiger partial charge in [-0.25, -0.2) is 13.1 Å². The molecule has 8 nitrogen and oxygen atoms in total. The molecule has 210 valence electrons. The van der Waals surface area contributed by atoms with Gasteiger partial charge in [0.2, 0.25) is 15.9 Å². The van der Waals surface area contributed by atoms with Gasteiger partial charge in [0.25, 0.3) is 0 Å². The van der Waals surface area contributed by atoms with E-state index in [0.717, 1.165) is 38.4 Å². The van der Waals surface area contributed by atoms with Gasteiger partial charge in [-0.2, -0.15) is 0 Å². The van der Waals surface area contributed by atoms with E-state index in [2.05, 4.69) is 42.6 Å². The number of nitrogens with one attached hydrogen (secondary N) is 1. The zero-order valence-electron chi connectivity index (χ0n) is 23.2. The van der Waals surface area contributed by atoms with Gasteiger partial charge in [-0.1, -0.05) is 39.2 Å². The Balaban J connectivity index is 1.30. The molecule has 4 aliphatic rings. The molecule has 0 spiro atoms. The summed E-state index contributed by atoms with van der Waals surface area (Å²) in [5.41, 5.74) is 0.444. The molecule has 4 saturated carbocycles. The summed E-state index contributed by atoms with van der Waals surface area (Å²) in [6.45, 7) is 9.55. The number of aliphatic hydroxyl groups excluding tert-OH is 2. The third-order valence-corrected chi connectivity index (χ3v) is 12.2. The first kappa shape index (κ1) is 27.4. The van der Waals surface area contributed by atoms with Crippen molar-refractivity contribution in [2.45, 2.75) is 104 Å². The Labute approximate surface area is 222 Å². The van der Waals surface area contributed by atoms with E-state index in [4.69, 9.17) is 4.42 Å². The first-order valence-corrected chi connectivity index (χ1v) is 16.4. The smallest absolute Gasteiger partial charge is 0.329 e. The van der Waals surface area contributed by atoms with E-state index in [0.29, 0.717) is 47.8 Å². The zero-order chi connectivity index (χ0) is 26.8. The van der Waals surface area contributed by atoms with Crippen molar-refractivity contribution in [3.05, 3.63) is 5.89 Å². The van der Waals surface area contributed by atoms with Crippen LogP contribution in [0.3, 0.4) is 0 Å². The van der Waals surface area contributed by atoms with Crippen molar-refractivity contribution in [1.82, 2.24) is 10.2 Å². The fraction of sp³-hybridized carbons (Fsp3) is 0.929. The second-order valence-corrected chi connectivity index (χ2v) is 15.3. The highest BCUT2D eigenvalue weighted by Gasteiger charge is 2.64. The molecule has 0 amide bonds. The molecule has 4 aliphatic carbocycles. The highest BCUT2D eigenvalue weighted by molar-refractivity contribution is 7.91. The highest BCUT2D eigenvalue weighted by atomic mass is 32.2. The van der Waals surface area contributed by atoms with Crippen LogP contribution in [0.4, 0.5) is 6.01 Å². The third-order valence-electron chi connectivity index (χ3n) is 11.7. The van der Waals surface area contributed by atoms with E-state index >= 15 is 0 Å². The molecule has 37 heavy (non-hydrogen) atoms. The van der Waals surface area contributed by atoms with Crippen LogP contribution in [0.25, 0.3) is 0 Å². The number of aliphatic hydroxyl groups is 2. The number of hydrogen-bond acceptors (Lipinski definition) is 7. The standard InChI is InChI=1S/C28H47N3O5S/c1-6-18-22-15-17(32)11-13-28(22,4)21-12-14-27(3)19(8-9-20(27)24(21)25(18)33)16(2)7-10-23-29-30-26(36-23)31-37(5,34)35/h16-22,24-25,32-33H,6-15H2,1-5H3,(H,30,31)/t16-,17-,18-,19-,20?,21?,22+,24?,25-,27-,28-/m1/s1. The molecule has 11 atom stereocenters. The highest BCUT2D eigenvalue weighted by Crippen LogP contribution is 2.69. The second kappa shape index (κ2) is 9.77. The molecule has 0 radical (unpaired) electrons. The summed E-state index contributed by atoms with van der Waals surface area (Å²) in [6, 6.07) is -0.0739. The van der Waals surface area contributed by atoms with Crippen LogP contribution in [0.15, 0.2) is 4.42 Å². The van der Waals surface area contributed by atoms with Crippen LogP contribution >= 0.6 is 0 Å². The normalized spacial score (nSPS) is 44.5. The molecular weight excluding hydrogens is 490 g/mol. The van der Waals surface area contributed by atoms with Crippen molar-refractivity contribution in [1.29, 1.82) is 0 Å². The van der Waals surface area contributed by atoms with Gasteiger partial charge in [-0.3, -0.25) is 0 Å². The van der Waals surface area contributed by atoms with Crippen molar-refractivity contribution in [2.24, 2.45) is 52.3 Å². The van der Waals surface area contributed by atoms with E-state index in [1.54, 1.807) is 0 Å². The Morgan fingerprint density at radius 2 is 1.76 bits per heavy atom. The molecule has 9 heteroatoms. The topological polar surface area (TPSA) is 126 Å². The Morgan fingerprint density at radius 3 is 2.46 bits per heavy atom. The van der Waals surface area contributed by atoms with Gasteiger partial charge in [-0.15, -0.1) is 5.10 Å². The summed E-state index contributed by atoms with van der Waals surface area (Å²) in [5, 5.41) is 30.2. The molecule has 0 saturated heterocycles.